The fourth-order valence-electron chi connectivity index (χ4n) is 2.59. The van der Waals surface area contributed by atoms with Crippen LogP contribution in [0.2, 0.25) is 0 Å². The summed E-state index contributed by atoms with van der Waals surface area (Å²) < 4.78 is 4.18. The van der Waals surface area contributed by atoms with Gasteiger partial charge in [-0.3, -0.25) is 0 Å². The Morgan fingerprint density at radius 2 is 2.00 bits per heavy atom. The standard InChI is InChI=1S/C17H25N3S/c1-6-18-15(17-16(11(2)3)19-20-21-17)10-14-9-12(4)7-8-13(14)5/h7-9,11,15,18H,6,10H2,1-5H3. The topological polar surface area (TPSA) is 37.8 Å². The van der Waals surface area contributed by atoms with Gasteiger partial charge in [0.15, 0.2) is 0 Å². The van der Waals surface area contributed by atoms with Gasteiger partial charge in [-0.15, -0.1) is 5.10 Å². The Kier molecular flexibility index (Phi) is 5.48. The summed E-state index contributed by atoms with van der Waals surface area (Å²) in [4.78, 5) is 1.28. The van der Waals surface area contributed by atoms with Crippen LogP contribution in [-0.2, 0) is 6.42 Å². The molecule has 4 heteroatoms. The van der Waals surface area contributed by atoms with E-state index >= 15 is 0 Å². The Hall–Kier alpha value is -1.26. The Morgan fingerprint density at radius 1 is 1.24 bits per heavy atom. The first kappa shape index (κ1) is 16.1. The normalized spacial score (nSPS) is 12.9. The van der Waals surface area contributed by atoms with Crippen molar-refractivity contribution >= 4 is 11.5 Å². The number of nitrogens with zero attached hydrogens (tertiary/aromatic N) is 2. The van der Waals surface area contributed by atoms with Gasteiger partial charge in [0.25, 0.3) is 0 Å². The van der Waals surface area contributed by atoms with Crippen LogP contribution < -0.4 is 5.32 Å². The number of aromatic nitrogens is 2. The molecule has 1 N–H and O–H groups in total. The molecule has 0 radical (unpaired) electrons. The molecular formula is C17H25N3S. The Bertz CT molecular complexity index is 589. The number of nitrogens with one attached hydrogen (secondary N) is 1. The summed E-state index contributed by atoms with van der Waals surface area (Å²) in [7, 11) is 0. The molecule has 21 heavy (non-hydrogen) atoms. The summed E-state index contributed by atoms with van der Waals surface area (Å²) in [6, 6.07) is 6.98. The maximum Gasteiger partial charge on any atom is 0.0829 e. The van der Waals surface area contributed by atoms with E-state index in [1.165, 1.54) is 33.1 Å². The molecule has 1 aromatic carbocycles. The van der Waals surface area contributed by atoms with Gasteiger partial charge >= 0.3 is 0 Å². The average molecular weight is 303 g/mol. The highest BCUT2D eigenvalue weighted by molar-refractivity contribution is 7.05. The number of rotatable bonds is 6. The van der Waals surface area contributed by atoms with E-state index in [0.717, 1.165) is 18.7 Å². The molecule has 0 saturated heterocycles. The lowest BCUT2D eigenvalue weighted by Gasteiger charge is -2.19. The van der Waals surface area contributed by atoms with Crippen molar-refractivity contribution in [2.24, 2.45) is 0 Å². The minimum absolute atomic E-state index is 0.299. The fraction of sp³-hybridized carbons (Fsp3) is 0.529. The van der Waals surface area contributed by atoms with Crippen LogP contribution in [0, 0.1) is 13.8 Å². The van der Waals surface area contributed by atoms with Crippen molar-refractivity contribution in [3.8, 4) is 0 Å². The summed E-state index contributed by atoms with van der Waals surface area (Å²) in [6.07, 6.45) is 0.991. The number of benzene rings is 1. The van der Waals surface area contributed by atoms with E-state index in [4.69, 9.17) is 0 Å². The van der Waals surface area contributed by atoms with E-state index in [-0.39, 0.29) is 0 Å². The van der Waals surface area contributed by atoms with Gasteiger partial charge in [0.05, 0.1) is 10.6 Å². The monoisotopic (exact) mass is 303 g/mol. The molecule has 1 atom stereocenters. The molecular weight excluding hydrogens is 278 g/mol. The summed E-state index contributed by atoms with van der Waals surface area (Å²) in [5.74, 6) is 0.415. The maximum absolute atomic E-state index is 4.33. The molecule has 2 aromatic rings. The lowest BCUT2D eigenvalue weighted by Crippen LogP contribution is -2.23. The number of aryl methyl sites for hydroxylation is 2. The van der Waals surface area contributed by atoms with E-state index in [1.54, 1.807) is 0 Å². The molecule has 0 bridgehead atoms. The quantitative estimate of drug-likeness (QED) is 0.870. The SMILES string of the molecule is CCNC(Cc1cc(C)ccc1C)c1snnc1C(C)C. The second-order valence-corrected chi connectivity index (χ2v) is 6.71. The van der Waals surface area contributed by atoms with E-state index < -0.39 is 0 Å². The van der Waals surface area contributed by atoms with Crippen molar-refractivity contribution in [3.05, 3.63) is 45.5 Å². The summed E-state index contributed by atoms with van der Waals surface area (Å²) >= 11 is 1.53. The molecule has 2 rings (SSSR count). The molecule has 0 fully saturated rings. The molecule has 1 unspecified atom stereocenters. The molecule has 114 valence electrons. The van der Waals surface area contributed by atoms with Crippen LogP contribution in [0.15, 0.2) is 18.2 Å². The first-order valence-electron chi connectivity index (χ1n) is 7.64. The molecule has 1 heterocycles. The lowest BCUT2D eigenvalue weighted by atomic mass is 9.96. The summed E-state index contributed by atoms with van der Waals surface area (Å²) in [5, 5.41) is 7.93. The van der Waals surface area contributed by atoms with Gasteiger partial charge in [-0.2, -0.15) is 0 Å². The summed E-state index contributed by atoms with van der Waals surface area (Å²) in [6.45, 7) is 11.8. The lowest BCUT2D eigenvalue weighted by molar-refractivity contribution is 0.548. The Morgan fingerprint density at radius 3 is 2.67 bits per heavy atom. The van der Waals surface area contributed by atoms with Crippen molar-refractivity contribution in [2.75, 3.05) is 6.54 Å². The predicted molar refractivity (Wildman–Crippen MR) is 90.0 cm³/mol. The van der Waals surface area contributed by atoms with Gasteiger partial charge in [-0.25, -0.2) is 0 Å². The second-order valence-electron chi connectivity index (χ2n) is 5.92. The van der Waals surface area contributed by atoms with Crippen molar-refractivity contribution in [3.63, 3.8) is 0 Å². The maximum atomic E-state index is 4.33. The third-order valence-corrected chi connectivity index (χ3v) is 4.64. The van der Waals surface area contributed by atoms with Crippen LogP contribution in [0.5, 0.6) is 0 Å². The van der Waals surface area contributed by atoms with Crippen LogP contribution in [0.25, 0.3) is 0 Å². The van der Waals surface area contributed by atoms with Gasteiger partial charge in [0.1, 0.15) is 0 Å². The van der Waals surface area contributed by atoms with Gasteiger partial charge in [0, 0.05) is 6.04 Å². The van der Waals surface area contributed by atoms with Crippen molar-refractivity contribution in [1.82, 2.24) is 14.9 Å². The van der Waals surface area contributed by atoms with Crippen molar-refractivity contribution in [1.29, 1.82) is 0 Å². The van der Waals surface area contributed by atoms with E-state index in [9.17, 15) is 0 Å². The summed E-state index contributed by atoms with van der Waals surface area (Å²) in [5.41, 5.74) is 5.21. The van der Waals surface area contributed by atoms with Crippen LogP contribution >= 0.6 is 11.5 Å². The zero-order chi connectivity index (χ0) is 15.4. The molecule has 1 aromatic heterocycles. The van der Waals surface area contributed by atoms with Crippen LogP contribution in [0.3, 0.4) is 0 Å². The molecule has 0 amide bonds. The number of hydrogen-bond acceptors (Lipinski definition) is 4. The smallest absolute Gasteiger partial charge is 0.0829 e. The average Bonchev–Trinajstić information content (AvgIpc) is 2.91. The molecule has 0 aliphatic rings. The largest absolute Gasteiger partial charge is 0.309 e. The van der Waals surface area contributed by atoms with Gasteiger partial charge in [-0.05, 0) is 55.4 Å². The third kappa shape index (κ3) is 3.89. The molecule has 0 aliphatic carbocycles. The van der Waals surface area contributed by atoms with Crippen molar-refractivity contribution < 1.29 is 0 Å². The minimum atomic E-state index is 0.299. The highest BCUT2D eigenvalue weighted by Gasteiger charge is 2.21. The first-order valence-corrected chi connectivity index (χ1v) is 8.41. The van der Waals surface area contributed by atoms with E-state index in [1.807, 2.05) is 0 Å². The second kappa shape index (κ2) is 7.14. The van der Waals surface area contributed by atoms with Gasteiger partial charge in [0.2, 0.25) is 0 Å². The minimum Gasteiger partial charge on any atom is -0.309 e. The van der Waals surface area contributed by atoms with E-state index in [2.05, 4.69) is 67.7 Å². The molecule has 0 saturated carbocycles. The fourth-order valence-corrected chi connectivity index (χ4v) is 3.47. The van der Waals surface area contributed by atoms with E-state index in [0.29, 0.717) is 12.0 Å². The third-order valence-electron chi connectivity index (χ3n) is 3.78. The zero-order valence-electron chi connectivity index (χ0n) is 13.6. The molecule has 0 aliphatic heterocycles. The van der Waals surface area contributed by atoms with Gasteiger partial charge in [-0.1, -0.05) is 49.0 Å². The van der Waals surface area contributed by atoms with Gasteiger partial charge < -0.3 is 5.32 Å². The highest BCUT2D eigenvalue weighted by atomic mass is 32.1. The van der Waals surface area contributed by atoms with Crippen LogP contribution in [0.4, 0.5) is 0 Å². The predicted octanol–water partition coefficient (Wildman–Crippen LogP) is 4.17. The molecule has 3 nitrogen and oxygen atoms in total. The highest BCUT2D eigenvalue weighted by Crippen LogP contribution is 2.29. The van der Waals surface area contributed by atoms with Crippen LogP contribution in [-0.4, -0.2) is 16.1 Å². The number of likely N-dealkylation sites (N-methyl/N-ethyl adjacent to an activating group) is 1. The zero-order valence-corrected chi connectivity index (χ0v) is 14.4. The van der Waals surface area contributed by atoms with Crippen LogP contribution in [0.1, 0.15) is 60.0 Å². The Labute approximate surface area is 132 Å². The Balaban J connectivity index is 2.31. The molecule has 0 spiro atoms. The first-order chi connectivity index (χ1) is 10.0. The van der Waals surface area contributed by atoms with Crippen molar-refractivity contribution in [2.45, 2.75) is 53.0 Å². The number of hydrogen-bond donors (Lipinski definition) is 1.